The van der Waals surface area contributed by atoms with Gasteiger partial charge in [-0.2, -0.15) is 0 Å². The molecule has 0 saturated carbocycles. The number of carbonyl (C=O) groups is 2. The van der Waals surface area contributed by atoms with Crippen LogP contribution in [-0.4, -0.2) is 31.1 Å². The molecule has 3 rings (SSSR count). The third kappa shape index (κ3) is 5.07. The van der Waals surface area contributed by atoms with Gasteiger partial charge in [0.2, 0.25) is 5.76 Å². The van der Waals surface area contributed by atoms with Crippen molar-refractivity contribution in [2.24, 2.45) is 0 Å². The van der Waals surface area contributed by atoms with Crippen molar-refractivity contribution in [2.75, 3.05) is 13.2 Å². The molecule has 1 aromatic heterocycles. The summed E-state index contributed by atoms with van der Waals surface area (Å²) in [5.41, 5.74) is 2.33. The number of fused-ring (bicyclic) bond motifs is 1. The Balaban J connectivity index is 1.64. The number of benzene rings is 2. The third-order valence-corrected chi connectivity index (χ3v) is 4.94. The van der Waals surface area contributed by atoms with Gasteiger partial charge in [0.15, 0.2) is 6.10 Å². The fourth-order valence-electron chi connectivity index (χ4n) is 3.18. The first kappa shape index (κ1) is 21.6. The number of hydrogen-bond donors (Lipinski definition) is 1. The molecule has 2 atom stereocenters. The lowest BCUT2D eigenvalue weighted by Gasteiger charge is -2.16. The van der Waals surface area contributed by atoms with E-state index < -0.39 is 12.1 Å². The number of hydrogen-bond acceptors (Lipinski definition) is 5. The number of esters is 1. The highest BCUT2D eigenvalue weighted by atomic mass is 16.6. The molecule has 0 saturated heterocycles. The van der Waals surface area contributed by atoms with Crippen molar-refractivity contribution in [3.05, 3.63) is 71.5 Å². The lowest BCUT2D eigenvalue weighted by atomic mass is 10.0. The van der Waals surface area contributed by atoms with Crippen LogP contribution in [0.4, 0.5) is 0 Å². The Morgan fingerprint density at radius 1 is 1.03 bits per heavy atom. The molecule has 0 radical (unpaired) electrons. The van der Waals surface area contributed by atoms with Crippen molar-refractivity contribution in [1.29, 1.82) is 0 Å². The van der Waals surface area contributed by atoms with E-state index >= 15 is 0 Å². The predicted molar refractivity (Wildman–Crippen MR) is 114 cm³/mol. The molecule has 1 amide bonds. The number of nitrogens with one attached hydrogen (secondary N) is 1. The molecular formula is C24H27NO5. The maximum atomic E-state index is 12.7. The molecule has 0 unspecified atom stereocenters. The quantitative estimate of drug-likeness (QED) is 0.529. The van der Waals surface area contributed by atoms with E-state index in [1.165, 1.54) is 0 Å². The van der Waals surface area contributed by atoms with Gasteiger partial charge < -0.3 is 19.2 Å². The van der Waals surface area contributed by atoms with Gasteiger partial charge in [-0.25, -0.2) is 4.79 Å². The number of para-hydroxylation sites is 1. The normalized spacial score (nSPS) is 13.0. The van der Waals surface area contributed by atoms with Crippen molar-refractivity contribution in [1.82, 2.24) is 5.32 Å². The van der Waals surface area contributed by atoms with Crippen molar-refractivity contribution < 1.29 is 23.5 Å². The molecule has 1 N–H and O–H groups in total. The molecule has 1 heterocycles. The lowest BCUT2D eigenvalue weighted by Crippen LogP contribution is -2.37. The molecular weight excluding hydrogens is 382 g/mol. The molecule has 0 bridgehead atoms. The average Bonchev–Trinajstić information content (AvgIpc) is 3.15. The van der Waals surface area contributed by atoms with Gasteiger partial charge in [-0.05, 0) is 31.4 Å². The van der Waals surface area contributed by atoms with Gasteiger partial charge in [0.05, 0.1) is 6.61 Å². The van der Waals surface area contributed by atoms with Crippen LogP contribution in [0.3, 0.4) is 0 Å². The molecule has 0 aliphatic carbocycles. The number of ether oxygens (including phenoxy) is 2. The van der Waals surface area contributed by atoms with Crippen LogP contribution >= 0.6 is 0 Å². The first-order valence-corrected chi connectivity index (χ1v) is 10.1. The fraction of sp³-hybridized carbons (Fsp3) is 0.333. The third-order valence-electron chi connectivity index (χ3n) is 4.94. The van der Waals surface area contributed by atoms with Gasteiger partial charge in [-0.1, -0.05) is 55.5 Å². The van der Waals surface area contributed by atoms with Crippen LogP contribution < -0.4 is 5.32 Å². The summed E-state index contributed by atoms with van der Waals surface area (Å²) in [6.07, 6.45) is -0.950. The van der Waals surface area contributed by atoms with E-state index in [2.05, 4.69) is 5.32 Å². The maximum Gasteiger partial charge on any atom is 0.375 e. The Bertz CT molecular complexity index is 995. The summed E-state index contributed by atoms with van der Waals surface area (Å²) in [5, 5.41) is 3.64. The predicted octanol–water partition coefficient (Wildman–Crippen LogP) is 4.43. The van der Waals surface area contributed by atoms with E-state index in [1.807, 2.05) is 62.4 Å². The molecule has 2 aromatic carbocycles. The van der Waals surface area contributed by atoms with Gasteiger partial charge in [-0.3, -0.25) is 4.79 Å². The summed E-state index contributed by atoms with van der Waals surface area (Å²) >= 11 is 0. The first-order valence-electron chi connectivity index (χ1n) is 10.1. The smallest absolute Gasteiger partial charge is 0.375 e. The standard InChI is InChI=1S/C24H27NO5/c1-4-28-15-20-19-12-8-9-13-21(19)30-22(20)24(27)29-17(3)23(26)25-14-16(2)18-10-6-5-7-11-18/h5-13,16-17H,4,14-15H2,1-3H3,(H,25,26)/t16-,17-/m0/s1. The monoisotopic (exact) mass is 409 g/mol. The number of amides is 1. The fourth-order valence-corrected chi connectivity index (χ4v) is 3.18. The van der Waals surface area contributed by atoms with Crippen LogP contribution in [0.2, 0.25) is 0 Å². The average molecular weight is 409 g/mol. The Morgan fingerprint density at radius 2 is 1.73 bits per heavy atom. The number of carbonyl (C=O) groups excluding carboxylic acids is 2. The highest BCUT2D eigenvalue weighted by Gasteiger charge is 2.26. The summed E-state index contributed by atoms with van der Waals surface area (Å²) in [5.74, 6) is -0.818. The molecule has 0 aliphatic rings. The molecule has 6 nitrogen and oxygen atoms in total. The van der Waals surface area contributed by atoms with E-state index in [9.17, 15) is 9.59 Å². The Kier molecular flexibility index (Phi) is 7.25. The van der Waals surface area contributed by atoms with E-state index in [0.717, 1.165) is 10.9 Å². The van der Waals surface area contributed by atoms with Gasteiger partial charge in [0, 0.05) is 24.1 Å². The van der Waals surface area contributed by atoms with Crippen LogP contribution in [-0.2, 0) is 20.9 Å². The summed E-state index contributed by atoms with van der Waals surface area (Å²) in [7, 11) is 0. The Labute approximate surface area is 176 Å². The van der Waals surface area contributed by atoms with Gasteiger partial charge in [0.25, 0.3) is 5.91 Å². The zero-order valence-corrected chi connectivity index (χ0v) is 17.5. The number of furan rings is 1. The second-order valence-electron chi connectivity index (χ2n) is 7.15. The minimum absolute atomic E-state index is 0.0713. The zero-order valence-electron chi connectivity index (χ0n) is 17.5. The zero-order chi connectivity index (χ0) is 21.5. The molecule has 6 heteroatoms. The van der Waals surface area contributed by atoms with Gasteiger partial charge in [-0.15, -0.1) is 0 Å². The molecule has 0 fully saturated rings. The Hall–Kier alpha value is -3.12. The summed E-state index contributed by atoms with van der Waals surface area (Å²) in [4.78, 5) is 25.2. The van der Waals surface area contributed by atoms with E-state index in [4.69, 9.17) is 13.9 Å². The Morgan fingerprint density at radius 3 is 2.47 bits per heavy atom. The molecule has 158 valence electrons. The minimum atomic E-state index is -0.950. The van der Waals surface area contributed by atoms with Crippen LogP contribution in [0, 0.1) is 0 Å². The van der Waals surface area contributed by atoms with Crippen LogP contribution in [0.25, 0.3) is 11.0 Å². The van der Waals surface area contributed by atoms with Crippen molar-refractivity contribution >= 4 is 22.8 Å². The summed E-state index contributed by atoms with van der Waals surface area (Å²) in [6, 6.07) is 17.3. The molecule has 0 aliphatic heterocycles. The maximum absolute atomic E-state index is 12.7. The van der Waals surface area contributed by atoms with E-state index in [0.29, 0.717) is 24.3 Å². The summed E-state index contributed by atoms with van der Waals surface area (Å²) < 4.78 is 16.6. The van der Waals surface area contributed by atoms with Crippen molar-refractivity contribution in [3.63, 3.8) is 0 Å². The van der Waals surface area contributed by atoms with E-state index in [-0.39, 0.29) is 24.2 Å². The largest absolute Gasteiger partial charge is 0.449 e. The van der Waals surface area contributed by atoms with Crippen LogP contribution in [0.1, 0.15) is 48.4 Å². The molecule has 3 aromatic rings. The van der Waals surface area contributed by atoms with Crippen molar-refractivity contribution in [2.45, 2.75) is 39.4 Å². The lowest BCUT2D eigenvalue weighted by molar-refractivity contribution is -0.129. The SMILES string of the molecule is CCOCc1c(C(=O)O[C@@H](C)C(=O)NC[C@H](C)c2ccccc2)oc2ccccc12. The molecule has 0 spiro atoms. The summed E-state index contributed by atoms with van der Waals surface area (Å²) in [6.45, 7) is 6.64. The first-order chi connectivity index (χ1) is 14.5. The topological polar surface area (TPSA) is 77.8 Å². The second-order valence-corrected chi connectivity index (χ2v) is 7.15. The number of rotatable bonds is 9. The highest BCUT2D eigenvalue weighted by Crippen LogP contribution is 2.27. The van der Waals surface area contributed by atoms with Gasteiger partial charge >= 0.3 is 5.97 Å². The second kappa shape index (κ2) is 10.1. The highest BCUT2D eigenvalue weighted by molar-refractivity contribution is 5.97. The van der Waals surface area contributed by atoms with Gasteiger partial charge in [0.1, 0.15) is 5.58 Å². The van der Waals surface area contributed by atoms with Crippen LogP contribution in [0.5, 0.6) is 0 Å². The van der Waals surface area contributed by atoms with Crippen molar-refractivity contribution in [3.8, 4) is 0 Å². The van der Waals surface area contributed by atoms with Crippen LogP contribution in [0.15, 0.2) is 59.0 Å². The minimum Gasteiger partial charge on any atom is -0.449 e. The molecule has 30 heavy (non-hydrogen) atoms. The van der Waals surface area contributed by atoms with E-state index in [1.54, 1.807) is 13.0 Å².